The Morgan fingerprint density at radius 2 is 1.86 bits per heavy atom. The first kappa shape index (κ1) is 27.4. The Labute approximate surface area is 224 Å². The summed E-state index contributed by atoms with van der Waals surface area (Å²) in [6, 6.07) is 13.7. The van der Waals surface area contributed by atoms with Crippen molar-refractivity contribution < 1.29 is 14.3 Å². The van der Waals surface area contributed by atoms with Crippen molar-refractivity contribution in [3.8, 4) is 11.5 Å². The summed E-state index contributed by atoms with van der Waals surface area (Å²) >= 11 is 4.72. The molecule has 0 fully saturated rings. The van der Waals surface area contributed by atoms with Crippen LogP contribution >= 0.6 is 27.7 Å². The van der Waals surface area contributed by atoms with Gasteiger partial charge in [0.15, 0.2) is 16.7 Å². The maximum Gasteiger partial charge on any atom is 0.250 e. The maximum atomic E-state index is 12.2. The third-order valence-electron chi connectivity index (χ3n) is 4.81. The molecule has 0 radical (unpaired) electrons. The Morgan fingerprint density at radius 3 is 2.53 bits per heavy atom. The number of thioether (sulfide) groups is 1. The quantitative estimate of drug-likeness (QED) is 0.0975. The molecular formula is C27H29BrN4O3S. The van der Waals surface area contributed by atoms with E-state index in [0.717, 1.165) is 32.6 Å². The summed E-state index contributed by atoms with van der Waals surface area (Å²) < 4.78 is 13.1. The van der Waals surface area contributed by atoms with Crippen molar-refractivity contribution in [1.29, 1.82) is 0 Å². The van der Waals surface area contributed by atoms with Crippen LogP contribution in [0.25, 0.3) is 0 Å². The first-order valence-corrected chi connectivity index (χ1v) is 13.2. The van der Waals surface area contributed by atoms with Crippen LogP contribution in [0.15, 0.2) is 69.9 Å². The third-order valence-corrected chi connectivity index (χ3v) is 6.19. The van der Waals surface area contributed by atoms with E-state index in [0.29, 0.717) is 36.3 Å². The number of nitrogens with one attached hydrogen (secondary N) is 1. The number of hydrogen-bond acceptors (Lipinski definition) is 7. The second-order valence-corrected chi connectivity index (χ2v) is 9.72. The molecule has 0 aliphatic rings. The van der Waals surface area contributed by atoms with Gasteiger partial charge in [-0.2, -0.15) is 5.10 Å². The first-order valence-electron chi connectivity index (χ1n) is 11.4. The number of hydrazone groups is 1. The Hall–Kier alpha value is -3.17. The fourth-order valence-corrected chi connectivity index (χ4v) is 4.33. The highest BCUT2D eigenvalue weighted by molar-refractivity contribution is 9.10. The lowest BCUT2D eigenvalue weighted by molar-refractivity contribution is -0.118. The van der Waals surface area contributed by atoms with Gasteiger partial charge in [-0.05, 0) is 68.7 Å². The molecule has 0 saturated heterocycles. The van der Waals surface area contributed by atoms with Crippen LogP contribution in [0.5, 0.6) is 11.5 Å². The molecule has 0 bridgehead atoms. The second-order valence-electron chi connectivity index (χ2n) is 7.86. The number of hydrogen-bond donors (Lipinski definition) is 1. The van der Waals surface area contributed by atoms with E-state index in [9.17, 15) is 4.79 Å². The van der Waals surface area contributed by atoms with Crippen LogP contribution in [0.2, 0.25) is 0 Å². The first-order chi connectivity index (χ1) is 17.4. The summed E-state index contributed by atoms with van der Waals surface area (Å²) in [5.41, 5.74) is 7.03. The van der Waals surface area contributed by atoms with Gasteiger partial charge in [-0.15, -0.1) is 6.58 Å². The smallest absolute Gasteiger partial charge is 0.250 e. The van der Waals surface area contributed by atoms with E-state index in [4.69, 9.17) is 9.47 Å². The van der Waals surface area contributed by atoms with Crippen molar-refractivity contribution >= 4 is 39.8 Å². The number of ether oxygens (including phenoxy) is 2. The number of nitrogens with zero attached hydrogens (tertiary/aromatic N) is 3. The molecule has 0 saturated carbocycles. The zero-order valence-corrected chi connectivity index (χ0v) is 23.0. The fourth-order valence-electron chi connectivity index (χ4n) is 3.33. The largest absolute Gasteiger partial charge is 0.490 e. The molecular weight excluding hydrogens is 540 g/mol. The zero-order chi connectivity index (χ0) is 25.9. The van der Waals surface area contributed by atoms with E-state index >= 15 is 0 Å². The molecule has 3 rings (SSSR count). The fraction of sp³-hybridized carbons (Fsp3) is 0.259. The van der Waals surface area contributed by atoms with Crippen LogP contribution in [0.3, 0.4) is 0 Å². The number of carbonyl (C=O) groups is 1. The van der Waals surface area contributed by atoms with Gasteiger partial charge in [-0.3, -0.25) is 4.79 Å². The second kappa shape index (κ2) is 13.8. The van der Waals surface area contributed by atoms with Gasteiger partial charge in [-0.1, -0.05) is 45.9 Å². The molecule has 2 aromatic carbocycles. The summed E-state index contributed by atoms with van der Waals surface area (Å²) in [6.07, 6.45) is 3.99. The minimum absolute atomic E-state index is 0.162. The van der Waals surface area contributed by atoms with E-state index in [1.54, 1.807) is 6.21 Å². The molecule has 0 unspecified atom stereocenters. The van der Waals surface area contributed by atoms with Crippen LogP contribution < -0.4 is 14.9 Å². The molecule has 0 spiro atoms. The molecule has 1 aromatic heterocycles. The Morgan fingerprint density at radius 1 is 1.14 bits per heavy atom. The molecule has 7 nitrogen and oxygen atoms in total. The summed E-state index contributed by atoms with van der Waals surface area (Å²) in [4.78, 5) is 20.9. The SMILES string of the molecule is C=CCc1cc(/C=N\NC(=O)CSc2nc(C)cc(C)n2)cc(OCC)c1OCc1ccc(Br)cc1. The Kier molecular flexibility index (Phi) is 10.5. The van der Waals surface area contributed by atoms with Gasteiger partial charge in [0.1, 0.15) is 6.61 Å². The zero-order valence-electron chi connectivity index (χ0n) is 20.6. The van der Waals surface area contributed by atoms with Crippen molar-refractivity contribution in [3.63, 3.8) is 0 Å². The van der Waals surface area contributed by atoms with Crippen molar-refractivity contribution in [2.75, 3.05) is 12.4 Å². The van der Waals surface area contributed by atoms with E-state index < -0.39 is 0 Å². The van der Waals surface area contributed by atoms with Gasteiger partial charge in [0.25, 0.3) is 5.91 Å². The number of rotatable bonds is 12. The molecule has 36 heavy (non-hydrogen) atoms. The summed E-state index contributed by atoms with van der Waals surface area (Å²) in [6.45, 7) is 10.5. The standard InChI is InChI=1S/C27H29BrN4O3S/c1-5-7-22-13-21(15-29-32-25(33)17-36-27-30-18(3)12-19(4)31-27)14-24(34-6-2)26(22)35-16-20-8-10-23(28)11-9-20/h5,8-15H,1,6-7,16-17H2,2-4H3,(H,32,33)/b29-15-. The van der Waals surface area contributed by atoms with E-state index in [1.807, 2.05) is 69.3 Å². The van der Waals surface area contributed by atoms with Gasteiger partial charge in [-0.25, -0.2) is 15.4 Å². The minimum Gasteiger partial charge on any atom is -0.490 e. The molecule has 188 valence electrons. The van der Waals surface area contributed by atoms with Gasteiger partial charge >= 0.3 is 0 Å². The van der Waals surface area contributed by atoms with Gasteiger partial charge in [0.2, 0.25) is 0 Å². The minimum atomic E-state index is -0.246. The molecule has 1 N–H and O–H groups in total. The van der Waals surface area contributed by atoms with Gasteiger partial charge in [0.05, 0.1) is 18.6 Å². The lowest BCUT2D eigenvalue weighted by atomic mass is 10.1. The highest BCUT2D eigenvalue weighted by Crippen LogP contribution is 2.34. The van der Waals surface area contributed by atoms with E-state index in [2.05, 4.69) is 43.0 Å². The Bertz CT molecular complexity index is 1210. The number of halogens is 1. The molecule has 0 aliphatic carbocycles. The Balaban J connectivity index is 1.68. The monoisotopic (exact) mass is 568 g/mol. The van der Waals surface area contributed by atoms with Crippen molar-refractivity contribution in [2.45, 2.75) is 39.0 Å². The van der Waals surface area contributed by atoms with Crippen molar-refractivity contribution in [2.24, 2.45) is 5.10 Å². The lowest BCUT2D eigenvalue weighted by Crippen LogP contribution is -2.19. The summed E-state index contributed by atoms with van der Waals surface area (Å²) in [7, 11) is 0. The lowest BCUT2D eigenvalue weighted by Gasteiger charge is -2.17. The highest BCUT2D eigenvalue weighted by atomic mass is 79.9. The van der Waals surface area contributed by atoms with Crippen LogP contribution in [0, 0.1) is 13.8 Å². The third kappa shape index (κ3) is 8.49. The predicted molar refractivity (Wildman–Crippen MR) is 148 cm³/mol. The number of amides is 1. The topological polar surface area (TPSA) is 85.7 Å². The normalized spacial score (nSPS) is 10.9. The number of benzene rings is 2. The van der Waals surface area contributed by atoms with Gasteiger partial charge < -0.3 is 9.47 Å². The van der Waals surface area contributed by atoms with E-state index in [1.165, 1.54) is 11.8 Å². The predicted octanol–water partition coefficient (Wildman–Crippen LogP) is 5.80. The number of carbonyl (C=O) groups excluding carboxylic acids is 1. The molecule has 3 aromatic rings. The van der Waals surface area contributed by atoms with Crippen LogP contribution in [-0.4, -0.2) is 34.4 Å². The molecule has 1 amide bonds. The number of allylic oxidation sites excluding steroid dienone is 1. The molecule has 0 aliphatic heterocycles. The van der Waals surface area contributed by atoms with E-state index in [-0.39, 0.29) is 11.7 Å². The molecule has 1 heterocycles. The average Bonchev–Trinajstić information content (AvgIpc) is 2.83. The van der Waals surface area contributed by atoms with Crippen molar-refractivity contribution in [1.82, 2.24) is 15.4 Å². The van der Waals surface area contributed by atoms with Crippen molar-refractivity contribution in [3.05, 3.63) is 87.7 Å². The summed E-state index contributed by atoms with van der Waals surface area (Å²) in [5, 5.41) is 4.69. The van der Waals surface area contributed by atoms with Crippen LogP contribution in [-0.2, 0) is 17.8 Å². The average molecular weight is 570 g/mol. The maximum absolute atomic E-state index is 12.2. The molecule has 0 atom stereocenters. The number of aryl methyl sites for hydroxylation is 2. The van der Waals surface area contributed by atoms with Crippen LogP contribution in [0.1, 0.15) is 35.0 Å². The molecule has 9 heteroatoms. The van der Waals surface area contributed by atoms with Gasteiger partial charge in [0, 0.05) is 21.4 Å². The number of aromatic nitrogens is 2. The summed E-state index contributed by atoms with van der Waals surface area (Å²) in [5.74, 6) is 1.20. The van der Waals surface area contributed by atoms with Crippen LogP contribution in [0.4, 0.5) is 0 Å². The highest BCUT2D eigenvalue weighted by Gasteiger charge is 2.13.